The van der Waals surface area contributed by atoms with E-state index >= 15 is 0 Å². The fourth-order valence-electron chi connectivity index (χ4n) is 2.50. The number of nitrogens with one attached hydrogen (secondary N) is 1. The Labute approximate surface area is 154 Å². The summed E-state index contributed by atoms with van der Waals surface area (Å²) in [5.41, 5.74) is 0.389. The maximum atomic E-state index is 13.1. The maximum absolute atomic E-state index is 13.1. The molecule has 9 heteroatoms. The molecule has 134 valence electrons. The van der Waals surface area contributed by atoms with E-state index in [-0.39, 0.29) is 5.11 Å². The number of rotatable bonds is 6. The summed E-state index contributed by atoms with van der Waals surface area (Å²) in [5.74, 6) is -2.52. The first-order chi connectivity index (χ1) is 12.6. The summed E-state index contributed by atoms with van der Waals surface area (Å²) in [6.07, 6.45) is 7.34. The minimum atomic E-state index is -1.07. The van der Waals surface area contributed by atoms with Gasteiger partial charge in [0, 0.05) is 31.7 Å². The third-order valence-electron chi connectivity index (χ3n) is 3.80. The van der Waals surface area contributed by atoms with Crippen molar-refractivity contribution in [2.24, 2.45) is 10.9 Å². The minimum absolute atomic E-state index is 0.0311. The third kappa shape index (κ3) is 3.99. The SMILES string of the molecule is O=C1NC(=S)N(c2ccc(F)cc2)C(=O)[C@@H]1C=NCCCn1ccnc1. The van der Waals surface area contributed by atoms with Crippen LogP contribution in [0.25, 0.3) is 0 Å². The van der Waals surface area contributed by atoms with Gasteiger partial charge in [0.25, 0.3) is 5.91 Å². The minimum Gasteiger partial charge on any atom is -0.337 e. The maximum Gasteiger partial charge on any atom is 0.251 e. The van der Waals surface area contributed by atoms with Crippen molar-refractivity contribution in [1.29, 1.82) is 0 Å². The summed E-state index contributed by atoms with van der Waals surface area (Å²) < 4.78 is 15.0. The molecule has 1 N–H and O–H groups in total. The number of carbonyl (C=O) groups excluding carboxylic acids is 2. The third-order valence-corrected chi connectivity index (χ3v) is 4.09. The second-order valence-electron chi connectivity index (χ2n) is 5.63. The van der Waals surface area contributed by atoms with E-state index in [2.05, 4.69) is 15.3 Å². The molecule has 0 saturated carbocycles. The van der Waals surface area contributed by atoms with Gasteiger partial charge < -0.3 is 9.88 Å². The smallest absolute Gasteiger partial charge is 0.251 e. The van der Waals surface area contributed by atoms with Crippen LogP contribution < -0.4 is 10.2 Å². The first-order valence-electron chi connectivity index (χ1n) is 7.96. The van der Waals surface area contributed by atoms with Crippen LogP contribution >= 0.6 is 12.2 Å². The monoisotopic (exact) mass is 373 g/mol. The van der Waals surface area contributed by atoms with Gasteiger partial charge in [0.15, 0.2) is 11.0 Å². The summed E-state index contributed by atoms with van der Waals surface area (Å²) in [5, 5.41) is 2.46. The van der Waals surface area contributed by atoms with Crippen molar-refractivity contribution in [2.75, 3.05) is 11.4 Å². The zero-order chi connectivity index (χ0) is 18.5. The standard InChI is InChI=1S/C17H16FN5O2S/c18-12-2-4-13(5-3-12)23-16(25)14(15(24)21-17(23)26)10-19-6-1-8-22-9-7-20-11-22/h2-5,7,9-11,14H,1,6,8H2,(H,21,24,26)/t14-/m1/s1. The molecule has 1 fully saturated rings. The summed E-state index contributed by atoms with van der Waals surface area (Å²) in [6.45, 7) is 1.21. The Morgan fingerprint density at radius 1 is 1.31 bits per heavy atom. The van der Waals surface area contributed by atoms with E-state index in [0.29, 0.717) is 12.2 Å². The molecule has 1 saturated heterocycles. The lowest BCUT2D eigenvalue weighted by molar-refractivity contribution is -0.130. The Bertz CT molecular complexity index is 835. The van der Waals surface area contributed by atoms with E-state index in [1.54, 1.807) is 12.5 Å². The molecular formula is C17H16FN5O2S. The number of benzene rings is 1. The van der Waals surface area contributed by atoms with Crippen molar-refractivity contribution in [3.05, 3.63) is 48.8 Å². The van der Waals surface area contributed by atoms with Crippen LogP contribution in [-0.4, -0.2) is 39.2 Å². The number of aryl methyl sites for hydroxylation is 1. The van der Waals surface area contributed by atoms with Crippen molar-refractivity contribution in [1.82, 2.24) is 14.9 Å². The lowest BCUT2D eigenvalue weighted by atomic mass is 10.1. The molecule has 0 unspecified atom stereocenters. The van der Waals surface area contributed by atoms with Gasteiger partial charge in [0.1, 0.15) is 5.82 Å². The van der Waals surface area contributed by atoms with Gasteiger partial charge in [-0.1, -0.05) is 0 Å². The summed E-state index contributed by atoms with van der Waals surface area (Å²) in [6, 6.07) is 5.30. The van der Waals surface area contributed by atoms with Gasteiger partial charge in [-0.25, -0.2) is 9.37 Å². The van der Waals surface area contributed by atoms with Crippen LogP contribution in [0, 0.1) is 11.7 Å². The van der Waals surface area contributed by atoms with Gasteiger partial charge in [-0.05, 0) is 42.9 Å². The van der Waals surface area contributed by atoms with E-state index < -0.39 is 23.5 Å². The van der Waals surface area contributed by atoms with Gasteiger partial charge in [-0.2, -0.15) is 0 Å². The Morgan fingerprint density at radius 2 is 2.08 bits per heavy atom. The molecule has 2 aromatic rings. The first-order valence-corrected chi connectivity index (χ1v) is 8.37. The topological polar surface area (TPSA) is 79.6 Å². The average molecular weight is 373 g/mol. The molecule has 1 aromatic heterocycles. The van der Waals surface area contributed by atoms with Crippen LogP contribution in [0.2, 0.25) is 0 Å². The van der Waals surface area contributed by atoms with Gasteiger partial charge in [-0.15, -0.1) is 0 Å². The van der Waals surface area contributed by atoms with Crippen molar-refractivity contribution in [2.45, 2.75) is 13.0 Å². The highest BCUT2D eigenvalue weighted by molar-refractivity contribution is 7.80. The quantitative estimate of drug-likeness (QED) is 0.361. The molecule has 26 heavy (non-hydrogen) atoms. The zero-order valence-electron chi connectivity index (χ0n) is 13.7. The van der Waals surface area contributed by atoms with E-state index in [0.717, 1.165) is 13.0 Å². The number of aliphatic imine (C=N–C) groups is 1. The van der Waals surface area contributed by atoms with E-state index in [9.17, 15) is 14.0 Å². The largest absolute Gasteiger partial charge is 0.337 e. The van der Waals surface area contributed by atoms with E-state index in [4.69, 9.17) is 12.2 Å². The Balaban J connectivity index is 1.65. The number of imidazole rings is 1. The predicted octanol–water partition coefficient (Wildman–Crippen LogP) is 1.55. The average Bonchev–Trinajstić information content (AvgIpc) is 3.12. The predicted molar refractivity (Wildman–Crippen MR) is 98.3 cm³/mol. The molecule has 0 radical (unpaired) electrons. The van der Waals surface area contributed by atoms with Crippen LogP contribution in [0.5, 0.6) is 0 Å². The van der Waals surface area contributed by atoms with Crippen molar-refractivity contribution < 1.29 is 14.0 Å². The number of thiocarbonyl (C=S) groups is 1. The highest BCUT2D eigenvalue weighted by atomic mass is 32.1. The van der Waals surface area contributed by atoms with Gasteiger partial charge in [0.05, 0.1) is 12.0 Å². The Hall–Kier alpha value is -2.94. The number of hydrogen-bond acceptors (Lipinski definition) is 5. The van der Waals surface area contributed by atoms with Crippen LogP contribution in [0.3, 0.4) is 0 Å². The van der Waals surface area contributed by atoms with E-state index in [1.807, 2.05) is 10.8 Å². The summed E-state index contributed by atoms with van der Waals surface area (Å²) >= 11 is 5.08. The lowest BCUT2D eigenvalue weighted by Gasteiger charge is -2.30. The molecule has 0 bridgehead atoms. The highest BCUT2D eigenvalue weighted by Gasteiger charge is 2.38. The molecule has 1 aliphatic heterocycles. The number of halogens is 1. The first kappa shape index (κ1) is 17.9. The molecule has 2 heterocycles. The number of aromatic nitrogens is 2. The fourth-order valence-corrected chi connectivity index (χ4v) is 2.80. The highest BCUT2D eigenvalue weighted by Crippen LogP contribution is 2.20. The molecule has 0 spiro atoms. The number of anilines is 1. The molecule has 1 aliphatic rings. The molecule has 1 aromatic carbocycles. The fraction of sp³-hybridized carbons (Fsp3) is 0.235. The Morgan fingerprint density at radius 3 is 2.77 bits per heavy atom. The summed E-state index contributed by atoms with van der Waals surface area (Å²) in [7, 11) is 0. The summed E-state index contributed by atoms with van der Waals surface area (Å²) in [4.78, 5) is 34.1. The van der Waals surface area contributed by atoms with Gasteiger partial charge in [0.2, 0.25) is 5.91 Å². The molecule has 3 rings (SSSR count). The molecule has 2 amide bonds. The second kappa shape index (κ2) is 7.96. The van der Waals surface area contributed by atoms with Crippen LogP contribution in [0.4, 0.5) is 10.1 Å². The number of amides is 2. The molecule has 7 nitrogen and oxygen atoms in total. The zero-order valence-corrected chi connectivity index (χ0v) is 14.5. The van der Waals surface area contributed by atoms with Gasteiger partial charge >= 0.3 is 0 Å². The number of carbonyl (C=O) groups is 2. The van der Waals surface area contributed by atoms with Crippen LogP contribution in [0.1, 0.15) is 6.42 Å². The normalized spacial score (nSPS) is 17.8. The molecule has 1 atom stereocenters. The molecule has 0 aliphatic carbocycles. The Kier molecular flexibility index (Phi) is 5.47. The van der Waals surface area contributed by atoms with Crippen molar-refractivity contribution >= 4 is 41.0 Å². The molecular weight excluding hydrogens is 357 g/mol. The second-order valence-corrected chi connectivity index (χ2v) is 6.02. The van der Waals surface area contributed by atoms with Gasteiger partial charge in [-0.3, -0.25) is 19.5 Å². The number of nitrogens with zero attached hydrogens (tertiary/aromatic N) is 4. The number of hydrogen-bond donors (Lipinski definition) is 1. The lowest BCUT2D eigenvalue weighted by Crippen LogP contribution is -2.58. The van der Waals surface area contributed by atoms with E-state index in [1.165, 1.54) is 35.4 Å². The van der Waals surface area contributed by atoms with Crippen molar-refractivity contribution in [3.63, 3.8) is 0 Å². The van der Waals surface area contributed by atoms with Crippen LogP contribution in [-0.2, 0) is 16.1 Å². The van der Waals surface area contributed by atoms with Crippen LogP contribution in [0.15, 0.2) is 48.0 Å². The van der Waals surface area contributed by atoms with Crippen molar-refractivity contribution in [3.8, 4) is 0 Å².